The average molecular weight is 362 g/mol. The molecule has 0 saturated carbocycles. The van der Waals surface area contributed by atoms with E-state index < -0.39 is 6.09 Å². The quantitative estimate of drug-likeness (QED) is 0.754. The number of rotatable bonds is 7. The molecule has 0 bridgehead atoms. The fourth-order valence-corrected chi connectivity index (χ4v) is 3.06. The Labute approximate surface area is 151 Å². The first-order valence-corrected chi connectivity index (χ1v) is 8.60. The fourth-order valence-electron chi connectivity index (χ4n) is 3.06. The minimum Gasteiger partial charge on any atom is -0.442 e. The molecule has 7 nitrogen and oxygen atoms in total. The molecule has 2 aromatic rings. The van der Waals surface area contributed by atoms with Crippen molar-refractivity contribution in [3.63, 3.8) is 0 Å². The largest absolute Gasteiger partial charge is 0.442 e. The van der Waals surface area contributed by atoms with Gasteiger partial charge < -0.3 is 19.1 Å². The van der Waals surface area contributed by atoms with Gasteiger partial charge in [-0.3, -0.25) is 4.90 Å². The molecular weight excluding hydrogens is 339 g/mol. The topological polar surface area (TPSA) is 62.1 Å². The summed E-state index contributed by atoms with van der Waals surface area (Å²) >= 11 is 0. The zero-order valence-electron chi connectivity index (χ0n) is 15.2. The number of halogens is 1. The van der Waals surface area contributed by atoms with Gasteiger partial charge in [-0.05, 0) is 24.6 Å². The summed E-state index contributed by atoms with van der Waals surface area (Å²) in [6, 6.07) is 6.56. The standard InChI is InChI=1S/C18H23FN4O3/c1-4-8-21(2)16-6-5-13(10-15(16)19)23-12-14(26-18(23)24)11-22(3)17-7-9-25-20-17/h5-7,9-10,14H,4,8,11-12H2,1-3H3/t14-/m0/s1. The highest BCUT2D eigenvalue weighted by Gasteiger charge is 2.33. The maximum absolute atomic E-state index is 14.5. The van der Waals surface area contributed by atoms with Crippen molar-refractivity contribution in [1.29, 1.82) is 0 Å². The summed E-state index contributed by atoms with van der Waals surface area (Å²) in [5.74, 6) is 0.309. The number of nitrogens with zero attached hydrogens (tertiary/aromatic N) is 4. The number of benzene rings is 1. The molecular formula is C18H23FN4O3. The Bertz CT molecular complexity index is 753. The molecule has 26 heavy (non-hydrogen) atoms. The van der Waals surface area contributed by atoms with Crippen molar-refractivity contribution in [2.75, 3.05) is 48.4 Å². The van der Waals surface area contributed by atoms with Crippen molar-refractivity contribution in [3.8, 4) is 0 Å². The summed E-state index contributed by atoms with van der Waals surface area (Å²) in [6.07, 6.45) is 1.60. The monoisotopic (exact) mass is 362 g/mol. The molecule has 0 aliphatic carbocycles. The van der Waals surface area contributed by atoms with Crippen LogP contribution in [-0.4, -0.2) is 51.1 Å². The summed E-state index contributed by atoms with van der Waals surface area (Å²) in [6.45, 7) is 3.62. The molecule has 1 aliphatic rings. The zero-order chi connectivity index (χ0) is 18.7. The van der Waals surface area contributed by atoms with E-state index in [1.54, 1.807) is 18.2 Å². The Morgan fingerprint density at radius 3 is 2.77 bits per heavy atom. The van der Waals surface area contributed by atoms with Crippen molar-refractivity contribution in [2.45, 2.75) is 19.4 Å². The van der Waals surface area contributed by atoms with Crippen LogP contribution in [0.3, 0.4) is 0 Å². The van der Waals surface area contributed by atoms with E-state index in [0.717, 1.165) is 13.0 Å². The third-order valence-corrected chi connectivity index (χ3v) is 4.38. The second-order valence-electron chi connectivity index (χ2n) is 6.41. The van der Waals surface area contributed by atoms with Gasteiger partial charge in [0.05, 0.1) is 24.5 Å². The second kappa shape index (κ2) is 7.63. The van der Waals surface area contributed by atoms with Gasteiger partial charge in [-0.25, -0.2) is 9.18 Å². The van der Waals surface area contributed by atoms with E-state index in [-0.39, 0.29) is 11.9 Å². The Hall–Kier alpha value is -2.77. The number of ether oxygens (including phenoxy) is 1. The molecule has 3 rings (SSSR count). The van der Waals surface area contributed by atoms with Gasteiger partial charge in [0, 0.05) is 26.7 Å². The van der Waals surface area contributed by atoms with Gasteiger partial charge in [-0.15, -0.1) is 0 Å². The fraction of sp³-hybridized carbons (Fsp3) is 0.444. The molecule has 0 N–H and O–H groups in total. The average Bonchev–Trinajstić information content (AvgIpc) is 3.25. The Morgan fingerprint density at radius 2 is 2.12 bits per heavy atom. The van der Waals surface area contributed by atoms with Crippen LogP contribution in [0.4, 0.5) is 26.4 Å². The first-order valence-electron chi connectivity index (χ1n) is 8.60. The van der Waals surface area contributed by atoms with E-state index in [0.29, 0.717) is 30.3 Å². The van der Waals surface area contributed by atoms with Crippen molar-refractivity contribution in [3.05, 3.63) is 36.3 Å². The molecule has 1 aromatic carbocycles. The van der Waals surface area contributed by atoms with Gasteiger partial charge >= 0.3 is 6.09 Å². The zero-order valence-corrected chi connectivity index (χ0v) is 15.2. The van der Waals surface area contributed by atoms with Crippen LogP contribution in [0.15, 0.2) is 35.1 Å². The molecule has 1 fully saturated rings. The van der Waals surface area contributed by atoms with E-state index in [1.807, 2.05) is 30.8 Å². The summed E-state index contributed by atoms with van der Waals surface area (Å²) in [5, 5.41) is 3.85. The summed E-state index contributed by atoms with van der Waals surface area (Å²) in [4.78, 5) is 17.4. The predicted octanol–water partition coefficient (Wildman–Crippen LogP) is 3.12. The molecule has 1 amide bonds. The van der Waals surface area contributed by atoms with Crippen LogP contribution in [0.25, 0.3) is 0 Å². The minimum atomic E-state index is -0.474. The Balaban J connectivity index is 1.68. The summed E-state index contributed by atoms with van der Waals surface area (Å²) < 4.78 is 24.7. The Morgan fingerprint density at radius 1 is 1.31 bits per heavy atom. The number of hydrogen-bond donors (Lipinski definition) is 0. The molecule has 140 valence electrons. The lowest BCUT2D eigenvalue weighted by Crippen LogP contribution is -2.32. The first kappa shape index (κ1) is 18.0. The highest BCUT2D eigenvalue weighted by atomic mass is 19.1. The van der Waals surface area contributed by atoms with Crippen LogP contribution in [0.1, 0.15) is 13.3 Å². The third-order valence-electron chi connectivity index (χ3n) is 4.38. The summed E-state index contributed by atoms with van der Waals surface area (Å²) in [7, 11) is 3.69. The van der Waals surface area contributed by atoms with E-state index in [4.69, 9.17) is 9.26 Å². The number of amides is 1. The molecule has 1 atom stereocenters. The molecule has 1 aliphatic heterocycles. The second-order valence-corrected chi connectivity index (χ2v) is 6.41. The number of likely N-dealkylation sites (N-methyl/N-ethyl adjacent to an activating group) is 1. The van der Waals surface area contributed by atoms with Crippen molar-refractivity contribution >= 4 is 23.3 Å². The molecule has 2 heterocycles. The number of carbonyl (C=O) groups is 1. The lowest BCUT2D eigenvalue weighted by Gasteiger charge is -2.21. The van der Waals surface area contributed by atoms with Gasteiger partial charge in [0.15, 0.2) is 5.82 Å². The van der Waals surface area contributed by atoms with Crippen LogP contribution in [0, 0.1) is 5.82 Å². The number of anilines is 3. The van der Waals surface area contributed by atoms with E-state index in [1.165, 1.54) is 17.2 Å². The maximum atomic E-state index is 14.5. The van der Waals surface area contributed by atoms with Crippen molar-refractivity contribution in [2.24, 2.45) is 0 Å². The van der Waals surface area contributed by atoms with Gasteiger partial charge in [0.2, 0.25) is 0 Å². The van der Waals surface area contributed by atoms with Crippen LogP contribution in [0.5, 0.6) is 0 Å². The van der Waals surface area contributed by atoms with Crippen LogP contribution in [-0.2, 0) is 4.74 Å². The van der Waals surface area contributed by atoms with Crippen LogP contribution in [0.2, 0.25) is 0 Å². The highest BCUT2D eigenvalue weighted by Crippen LogP contribution is 2.28. The minimum absolute atomic E-state index is 0.338. The van der Waals surface area contributed by atoms with Gasteiger partial charge in [-0.2, -0.15) is 0 Å². The van der Waals surface area contributed by atoms with Crippen LogP contribution < -0.4 is 14.7 Å². The smallest absolute Gasteiger partial charge is 0.414 e. The lowest BCUT2D eigenvalue weighted by molar-refractivity contribution is 0.144. The molecule has 0 unspecified atom stereocenters. The molecule has 1 saturated heterocycles. The van der Waals surface area contributed by atoms with Gasteiger partial charge in [-0.1, -0.05) is 12.1 Å². The normalized spacial score (nSPS) is 16.7. The molecule has 8 heteroatoms. The molecule has 0 radical (unpaired) electrons. The third kappa shape index (κ3) is 3.74. The number of cyclic esters (lactones) is 1. The van der Waals surface area contributed by atoms with Crippen molar-refractivity contribution < 1.29 is 18.4 Å². The van der Waals surface area contributed by atoms with Crippen molar-refractivity contribution in [1.82, 2.24) is 5.16 Å². The predicted molar refractivity (Wildman–Crippen MR) is 97.3 cm³/mol. The van der Waals surface area contributed by atoms with Gasteiger partial charge in [0.25, 0.3) is 0 Å². The molecule has 1 aromatic heterocycles. The van der Waals surface area contributed by atoms with Gasteiger partial charge in [0.1, 0.15) is 18.2 Å². The van der Waals surface area contributed by atoms with E-state index >= 15 is 0 Å². The number of carbonyl (C=O) groups excluding carboxylic acids is 1. The van der Waals surface area contributed by atoms with E-state index in [9.17, 15) is 9.18 Å². The SMILES string of the molecule is CCCN(C)c1ccc(N2C[C@H](CN(C)c3ccon3)OC2=O)cc1F. The number of hydrogen-bond acceptors (Lipinski definition) is 6. The molecule has 0 spiro atoms. The summed E-state index contributed by atoms with van der Waals surface area (Å²) in [5.41, 5.74) is 1.01. The highest BCUT2D eigenvalue weighted by molar-refractivity contribution is 5.90. The maximum Gasteiger partial charge on any atom is 0.414 e. The van der Waals surface area contributed by atoms with E-state index in [2.05, 4.69) is 5.16 Å². The van der Waals surface area contributed by atoms with Crippen LogP contribution >= 0.6 is 0 Å². The Kier molecular flexibility index (Phi) is 5.29. The number of aromatic nitrogens is 1. The first-order chi connectivity index (χ1) is 12.5. The lowest BCUT2D eigenvalue weighted by atomic mass is 10.2.